The zero-order chi connectivity index (χ0) is 12.1. The maximum atomic E-state index is 12.7. The fourth-order valence-electron chi connectivity index (χ4n) is 1.67. The highest BCUT2D eigenvalue weighted by atomic mass is 19.1. The highest BCUT2D eigenvalue weighted by Gasteiger charge is 2.02. The number of nitrogens with one attached hydrogen (secondary N) is 1. The Morgan fingerprint density at radius 3 is 2.76 bits per heavy atom. The normalized spacial score (nSPS) is 12.6. The first-order valence-corrected chi connectivity index (χ1v) is 5.67. The Bertz CT molecular complexity index is 436. The highest BCUT2D eigenvalue weighted by molar-refractivity contribution is 5.15. The number of halogens is 1. The number of hydrogen-bond acceptors (Lipinski definition) is 2. The summed E-state index contributed by atoms with van der Waals surface area (Å²) in [5.74, 6) is -0.194. The summed E-state index contributed by atoms with van der Waals surface area (Å²) in [4.78, 5) is 4.00. The van der Waals surface area contributed by atoms with Crippen molar-refractivity contribution in [1.29, 1.82) is 0 Å². The third-order valence-electron chi connectivity index (χ3n) is 2.61. The van der Waals surface area contributed by atoms with E-state index in [1.165, 1.54) is 12.1 Å². The number of rotatable bonds is 5. The van der Waals surface area contributed by atoms with E-state index in [2.05, 4.69) is 17.2 Å². The average molecular weight is 233 g/mol. The zero-order valence-electron chi connectivity index (χ0n) is 9.81. The Kier molecular flexibility index (Phi) is 3.88. The van der Waals surface area contributed by atoms with Crippen LogP contribution in [0.3, 0.4) is 0 Å². The highest BCUT2D eigenvalue weighted by Crippen LogP contribution is 2.03. The molecule has 90 valence electrons. The van der Waals surface area contributed by atoms with Gasteiger partial charge in [0.15, 0.2) is 0 Å². The monoisotopic (exact) mass is 233 g/mol. The van der Waals surface area contributed by atoms with Crippen molar-refractivity contribution in [2.24, 2.45) is 0 Å². The van der Waals surface area contributed by atoms with E-state index in [9.17, 15) is 4.39 Å². The molecule has 1 aromatic heterocycles. The second-order valence-corrected chi connectivity index (χ2v) is 4.17. The molecule has 0 fully saturated rings. The van der Waals surface area contributed by atoms with E-state index >= 15 is 0 Å². The average Bonchev–Trinajstić information content (AvgIpc) is 2.81. The molecular weight excluding hydrogens is 217 g/mol. The molecule has 0 aliphatic rings. The molecule has 2 aromatic rings. The molecule has 2 rings (SSSR count). The predicted molar refractivity (Wildman–Crippen MR) is 64.9 cm³/mol. The molecular formula is C13H16FN3. The van der Waals surface area contributed by atoms with Crippen LogP contribution in [-0.2, 0) is 13.1 Å². The number of nitrogens with zero attached hydrogens (tertiary/aromatic N) is 2. The first kappa shape index (κ1) is 11.8. The van der Waals surface area contributed by atoms with E-state index in [1.807, 2.05) is 10.8 Å². The first-order valence-electron chi connectivity index (χ1n) is 5.67. The summed E-state index contributed by atoms with van der Waals surface area (Å²) in [6.07, 6.45) is 5.51. The maximum absolute atomic E-state index is 12.7. The van der Waals surface area contributed by atoms with Crippen LogP contribution in [0.5, 0.6) is 0 Å². The Balaban J connectivity index is 1.79. The van der Waals surface area contributed by atoms with Crippen molar-refractivity contribution in [2.45, 2.75) is 26.1 Å². The molecule has 4 heteroatoms. The van der Waals surface area contributed by atoms with Crippen LogP contribution in [0.15, 0.2) is 43.0 Å². The quantitative estimate of drug-likeness (QED) is 0.858. The maximum Gasteiger partial charge on any atom is 0.123 e. The Morgan fingerprint density at radius 2 is 2.12 bits per heavy atom. The smallest absolute Gasteiger partial charge is 0.123 e. The standard InChI is InChI=1S/C13H16FN3/c1-11(9-17-7-6-15-10-17)16-8-12-2-4-13(14)5-3-12/h2-7,10-11,16H,8-9H2,1H3. The van der Waals surface area contributed by atoms with E-state index in [0.717, 1.165) is 18.7 Å². The third kappa shape index (κ3) is 3.67. The van der Waals surface area contributed by atoms with Gasteiger partial charge in [0.2, 0.25) is 0 Å². The van der Waals surface area contributed by atoms with Crippen LogP contribution in [0.1, 0.15) is 12.5 Å². The molecule has 0 saturated carbocycles. The van der Waals surface area contributed by atoms with Gasteiger partial charge in [0.25, 0.3) is 0 Å². The minimum Gasteiger partial charge on any atom is -0.336 e. The Hall–Kier alpha value is -1.68. The minimum atomic E-state index is -0.194. The van der Waals surface area contributed by atoms with Crippen molar-refractivity contribution in [1.82, 2.24) is 14.9 Å². The van der Waals surface area contributed by atoms with E-state index in [4.69, 9.17) is 0 Å². The Labute approximate surface area is 100 Å². The van der Waals surface area contributed by atoms with Crippen molar-refractivity contribution in [3.63, 3.8) is 0 Å². The van der Waals surface area contributed by atoms with Gasteiger partial charge in [0.1, 0.15) is 5.82 Å². The molecule has 0 aliphatic heterocycles. The topological polar surface area (TPSA) is 29.9 Å². The first-order chi connectivity index (χ1) is 8.24. The lowest BCUT2D eigenvalue weighted by Gasteiger charge is -2.14. The fraction of sp³-hybridized carbons (Fsp3) is 0.308. The molecule has 0 amide bonds. The summed E-state index contributed by atoms with van der Waals surface area (Å²) in [6.45, 7) is 3.74. The van der Waals surface area contributed by atoms with Crippen LogP contribution in [-0.4, -0.2) is 15.6 Å². The minimum absolute atomic E-state index is 0.194. The second-order valence-electron chi connectivity index (χ2n) is 4.17. The lowest BCUT2D eigenvalue weighted by atomic mass is 10.2. The lowest BCUT2D eigenvalue weighted by Crippen LogP contribution is -2.29. The summed E-state index contributed by atoms with van der Waals surface area (Å²) >= 11 is 0. The Morgan fingerprint density at radius 1 is 1.35 bits per heavy atom. The molecule has 3 nitrogen and oxygen atoms in total. The van der Waals surface area contributed by atoms with Gasteiger partial charge in [-0.1, -0.05) is 12.1 Å². The van der Waals surface area contributed by atoms with Gasteiger partial charge in [-0.15, -0.1) is 0 Å². The van der Waals surface area contributed by atoms with E-state index in [-0.39, 0.29) is 5.82 Å². The molecule has 1 aromatic carbocycles. The van der Waals surface area contributed by atoms with Gasteiger partial charge in [-0.3, -0.25) is 0 Å². The largest absolute Gasteiger partial charge is 0.336 e. The molecule has 0 spiro atoms. The summed E-state index contributed by atoms with van der Waals surface area (Å²) < 4.78 is 14.7. The van der Waals surface area contributed by atoms with Crippen LogP contribution in [0.2, 0.25) is 0 Å². The van der Waals surface area contributed by atoms with Crippen LogP contribution in [0, 0.1) is 5.82 Å². The molecule has 1 atom stereocenters. The number of hydrogen-bond donors (Lipinski definition) is 1. The molecule has 0 saturated heterocycles. The van der Waals surface area contributed by atoms with Crippen LogP contribution >= 0.6 is 0 Å². The molecule has 1 heterocycles. The number of imidazole rings is 1. The van der Waals surface area contributed by atoms with Gasteiger partial charge in [-0.05, 0) is 24.6 Å². The molecule has 0 radical (unpaired) electrons. The van der Waals surface area contributed by atoms with Crippen molar-refractivity contribution < 1.29 is 4.39 Å². The van der Waals surface area contributed by atoms with Gasteiger partial charge >= 0.3 is 0 Å². The molecule has 0 bridgehead atoms. The lowest BCUT2D eigenvalue weighted by molar-refractivity contribution is 0.476. The van der Waals surface area contributed by atoms with E-state index in [1.54, 1.807) is 24.7 Å². The van der Waals surface area contributed by atoms with E-state index < -0.39 is 0 Å². The van der Waals surface area contributed by atoms with Crippen molar-refractivity contribution in [3.05, 3.63) is 54.4 Å². The number of benzene rings is 1. The van der Waals surface area contributed by atoms with Gasteiger partial charge < -0.3 is 9.88 Å². The molecule has 1 N–H and O–H groups in total. The SMILES string of the molecule is CC(Cn1ccnc1)NCc1ccc(F)cc1. The molecule has 17 heavy (non-hydrogen) atoms. The van der Waals surface area contributed by atoms with Crippen LogP contribution < -0.4 is 5.32 Å². The summed E-state index contributed by atoms with van der Waals surface area (Å²) in [5.41, 5.74) is 1.09. The van der Waals surface area contributed by atoms with Crippen LogP contribution in [0.4, 0.5) is 4.39 Å². The summed E-state index contributed by atoms with van der Waals surface area (Å²) in [6, 6.07) is 6.91. The molecule has 0 aliphatic carbocycles. The van der Waals surface area contributed by atoms with Gasteiger partial charge in [-0.2, -0.15) is 0 Å². The van der Waals surface area contributed by atoms with Crippen molar-refractivity contribution >= 4 is 0 Å². The van der Waals surface area contributed by atoms with Gasteiger partial charge in [-0.25, -0.2) is 9.37 Å². The third-order valence-corrected chi connectivity index (χ3v) is 2.61. The second kappa shape index (κ2) is 5.59. The van der Waals surface area contributed by atoms with Crippen molar-refractivity contribution in [2.75, 3.05) is 0 Å². The van der Waals surface area contributed by atoms with Crippen LogP contribution in [0.25, 0.3) is 0 Å². The predicted octanol–water partition coefficient (Wildman–Crippen LogP) is 2.20. The summed E-state index contributed by atoms with van der Waals surface area (Å²) in [5, 5.41) is 3.39. The van der Waals surface area contributed by atoms with Gasteiger partial charge in [0, 0.05) is 31.5 Å². The fourth-order valence-corrected chi connectivity index (χ4v) is 1.67. The van der Waals surface area contributed by atoms with Crippen molar-refractivity contribution in [3.8, 4) is 0 Å². The zero-order valence-corrected chi connectivity index (χ0v) is 9.81. The van der Waals surface area contributed by atoms with Gasteiger partial charge in [0.05, 0.1) is 6.33 Å². The summed E-state index contributed by atoms with van der Waals surface area (Å²) in [7, 11) is 0. The van der Waals surface area contributed by atoms with E-state index in [0.29, 0.717) is 6.04 Å². The molecule has 1 unspecified atom stereocenters. The number of aromatic nitrogens is 2.